The average molecular weight is 448 g/mol. The van der Waals surface area contributed by atoms with Crippen LogP contribution in [-0.4, -0.2) is 44.0 Å². The molecule has 172 valence electrons. The Balaban J connectivity index is 1.31. The SMILES string of the molecule is CC1(O)CCN(Cc2ccc(C(=O)Cn3cnc(OCc4ccccc4)cc3=O)cc2)CC1. The van der Waals surface area contributed by atoms with Crippen LogP contribution in [0.15, 0.2) is 71.8 Å². The van der Waals surface area contributed by atoms with Gasteiger partial charge >= 0.3 is 0 Å². The van der Waals surface area contributed by atoms with Crippen molar-refractivity contribution in [2.75, 3.05) is 13.1 Å². The molecule has 0 atom stereocenters. The number of nitrogens with zero attached hydrogens (tertiary/aromatic N) is 3. The van der Waals surface area contributed by atoms with Gasteiger partial charge in [0.2, 0.25) is 5.88 Å². The predicted octanol–water partition coefficient (Wildman–Crippen LogP) is 3.05. The maximum absolute atomic E-state index is 12.7. The molecule has 3 aromatic rings. The Hall–Kier alpha value is -3.29. The van der Waals surface area contributed by atoms with Crippen LogP contribution in [0.25, 0.3) is 0 Å². The number of aliphatic hydroxyl groups is 1. The summed E-state index contributed by atoms with van der Waals surface area (Å²) in [4.78, 5) is 31.5. The number of hydrogen-bond donors (Lipinski definition) is 1. The normalized spacial score (nSPS) is 15.8. The lowest BCUT2D eigenvalue weighted by atomic mass is 9.93. The van der Waals surface area contributed by atoms with Gasteiger partial charge in [0.25, 0.3) is 5.56 Å². The summed E-state index contributed by atoms with van der Waals surface area (Å²) in [6.45, 7) is 4.63. The molecule has 1 N–H and O–H groups in total. The van der Waals surface area contributed by atoms with Gasteiger partial charge in [-0.15, -0.1) is 0 Å². The molecule has 0 bridgehead atoms. The number of carbonyl (C=O) groups excluding carboxylic acids is 1. The van der Waals surface area contributed by atoms with Crippen molar-refractivity contribution in [1.29, 1.82) is 0 Å². The zero-order valence-corrected chi connectivity index (χ0v) is 18.8. The van der Waals surface area contributed by atoms with Gasteiger partial charge < -0.3 is 9.84 Å². The highest BCUT2D eigenvalue weighted by Gasteiger charge is 2.27. The Morgan fingerprint density at radius 1 is 1.06 bits per heavy atom. The third-order valence-corrected chi connectivity index (χ3v) is 6.01. The molecule has 1 aliphatic rings. The molecule has 33 heavy (non-hydrogen) atoms. The number of likely N-dealkylation sites (tertiary alicyclic amines) is 1. The number of Topliss-reactive ketones (excluding diaryl/α,β-unsaturated/α-hetero) is 1. The topological polar surface area (TPSA) is 84.7 Å². The van der Waals surface area contributed by atoms with Gasteiger partial charge in [-0.2, -0.15) is 0 Å². The summed E-state index contributed by atoms with van der Waals surface area (Å²) in [5, 5.41) is 10.1. The molecule has 0 spiro atoms. The van der Waals surface area contributed by atoms with E-state index in [9.17, 15) is 14.7 Å². The summed E-state index contributed by atoms with van der Waals surface area (Å²) >= 11 is 0. The first-order valence-corrected chi connectivity index (χ1v) is 11.2. The highest BCUT2D eigenvalue weighted by Crippen LogP contribution is 2.22. The first kappa shape index (κ1) is 22.9. The highest BCUT2D eigenvalue weighted by molar-refractivity contribution is 5.95. The number of hydrogen-bond acceptors (Lipinski definition) is 6. The Morgan fingerprint density at radius 3 is 2.42 bits per heavy atom. The first-order chi connectivity index (χ1) is 15.9. The molecule has 0 unspecified atom stereocenters. The van der Waals surface area contributed by atoms with Gasteiger partial charge in [-0.25, -0.2) is 4.98 Å². The summed E-state index contributed by atoms with van der Waals surface area (Å²) < 4.78 is 6.86. The van der Waals surface area contributed by atoms with Crippen molar-refractivity contribution >= 4 is 5.78 Å². The third kappa shape index (κ3) is 6.37. The minimum absolute atomic E-state index is 0.0780. The summed E-state index contributed by atoms with van der Waals surface area (Å²) in [5.74, 6) is 0.0774. The van der Waals surface area contributed by atoms with E-state index in [2.05, 4.69) is 9.88 Å². The van der Waals surface area contributed by atoms with E-state index in [0.717, 1.165) is 43.6 Å². The molecule has 1 aliphatic heterocycles. The van der Waals surface area contributed by atoms with E-state index in [1.165, 1.54) is 17.0 Å². The Kier molecular flexibility index (Phi) is 7.01. The molecule has 0 amide bonds. The average Bonchev–Trinajstić information content (AvgIpc) is 2.82. The van der Waals surface area contributed by atoms with E-state index in [1.807, 2.05) is 49.4 Å². The molecular weight excluding hydrogens is 418 g/mol. The van der Waals surface area contributed by atoms with E-state index in [-0.39, 0.29) is 23.8 Å². The number of ketones is 1. The molecule has 1 aromatic heterocycles. The molecule has 7 nitrogen and oxygen atoms in total. The largest absolute Gasteiger partial charge is 0.473 e. The number of piperidine rings is 1. The van der Waals surface area contributed by atoms with Crippen LogP contribution in [-0.2, 0) is 19.7 Å². The zero-order valence-electron chi connectivity index (χ0n) is 18.8. The highest BCUT2D eigenvalue weighted by atomic mass is 16.5. The molecular formula is C26H29N3O4. The van der Waals surface area contributed by atoms with Crippen molar-refractivity contribution in [2.24, 2.45) is 0 Å². The van der Waals surface area contributed by atoms with E-state index in [4.69, 9.17) is 4.74 Å². The fraction of sp³-hybridized carbons (Fsp3) is 0.346. The summed E-state index contributed by atoms with van der Waals surface area (Å²) in [6.07, 6.45) is 2.88. The lowest BCUT2D eigenvalue weighted by Crippen LogP contribution is -2.41. The van der Waals surface area contributed by atoms with Crippen molar-refractivity contribution in [3.8, 4) is 5.88 Å². The maximum atomic E-state index is 12.7. The molecule has 2 heterocycles. The molecule has 7 heteroatoms. The second-order valence-electron chi connectivity index (χ2n) is 8.86. The molecule has 0 radical (unpaired) electrons. The van der Waals surface area contributed by atoms with Crippen molar-refractivity contribution in [2.45, 2.75) is 45.1 Å². The first-order valence-electron chi connectivity index (χ1n) is 11.2. The van der Waals surface area contributed by atoms with E-state index in [0.29, 0.717) is 12.2 Å². The van der Waals surface area contributed by atoms with Gasteiger partial charge in [-0.05, 0) is 30.9 Å². The van der Waals surface area contributed by atoms with Gasteiger partial charge in [0.05, 0.1) is 18.2 Å². The number of aromatic nitrogens is 2. The van der Waals surface area contributed by atoms with Crippen LogP contribution in [0.5, 0.6) is 5.88 Å². The molecule has 4 rings (SSSR count). The minimum Gasteiger partial charge on any atom is -0.473 e. The van der Waals surface area contributed by atoms with Crippen LogP contribution in [0.3, 0.4) is 0 Å². The summed E-state index contributed by atoms with van der Waals surface area (Å²) in [7, 11) is 0. The molecule has 1 fully saturated rings. The summed E-state index contributed by atoms with van der Waals surface area (Å²) in [6, 6.07) is 18.4. The number of benzene rings is 2. The Bertz CT molecular complexity index is 1130. The standard InChI is InChI=1S/C26H29N3O4/c1-26(32)11-13-28(14-12-26)16-20-7-9-22(10-8-20)23(30)17-29-19-27-24(15-25(29)31)33-18-21-5-3-2-4-6-21/h2-10,15,19,32H,11-14,16-18H2,1H3. The lowest BCUT2D eigenvalue weighted by molar-refractivity contribution is -0.00730. The van der Waals surface area contributed by atoms with E-state index >= 15 is 0 Å². The molecule has 1 saturated heterocycles. The molecule has 0 saturated carbocycles. The quantitative estimate of drug-likeness (QED) is 0.535. The summed E-state index contributed by atoms with van der Waals surface area (Å²) in [5.41, 5.74) is 1.75. The number of carbonyl (C=O) groups is 1. The second kappa shape index (κ2) is 10.1. The Labute approximate surface area is 193 Å². The van der Waals surface area contributed by atoms with Crippen LogP contribution >= 0.6 is 0 Å². The van der Waals surface area contributed by atoms with Crippen molar-refractivity contribution in [3.05, 3.63) is 94.0 Å². The van der Waals surface area contributed by atoms with Gasteiger partial charge in [0.15, 0.2) is 5.78 Å². The van der Waals surface area contributed by atoms with Gasteiger partial charge in [-0.3, -0.25) is 19.1 Å². The van der Waals surface area contributed by atoms with Crippen LogP contribution in [0.2, 0.25) is 0 Å². The van der Waals surface area contributed by atoms with Crippen molar-refractivity contribution in [3.63, 3.8) is 0 Å². The zero-order chi connectivity index (χ0) is 23.3. The van der Waals surface area contributed by atoms with Crippen LogP contribution in [0.1, 0.15) is 41.3 Å². The fourth-order valence-corrected chi connectivity index (χ4v) is 3.83. The predicted molar refractivity (Wildman–Crippen MR) is 125 cm³/mol. The smallest absolute Gasteiger partial charge is 0.257 e. The van der Waals surface area contributed by atoms with Crippen LogP contribution in [0, 0.1) is 0 Å². The maximum Gasteiger partial charge on any atom is 0.257 e. The van der Waals surface area contributed by atoms with Crippen molar-refractivity contribution in [1.82, 2.24) is 14.5 Å². The molecule has 2 aromatic carbocycles. The van der Waals surface area contributed by atoms with Gasteiger partial charge in [0.1, 0.15) is 12.9 Å². The molecule has 0 aliphatic carbocycles. The van der Waals surface area contributed by atoms with E-state index in [1.54, 1.807) is 12.1 Å². The van der Waals surface area contributed by atoms with E-state index < -0.39 is 5.60 Å². The fourth-order valence-electron chi connectivity index (χ4n) is 3.83. The van der Waals surface area contributed by atoms with Crippen LogP contribution in [0.4, 0.5) is 0 Å². The third-order valence-electron chi connectivity index (χ3n) is 6.01. The number of ether oxygens (including phenoxy) is 1. The Morgan fingerprint density at radius 2 is 1.76 bits per heavy atom. The monoisotopic (exact) mass is 447 g/mol. The number of rotatable bonds is 8. The minimum atomic E-state index is -0.564. The lowest BCUT2D eigenvalue weighted by Gasteiger charge is -2.35. The van der Waals surface area contributed by atoms with Crippen LogP contribution < -0.4 is 10.3 Å². The van der Waals surface area contributed by atoms with Crippen molar-refractivity contribution < 1.29 is 14.6 Å². The second-order valence-corrected chi connectivity index (χ2v) is 8.86. The van der Waals surface area contributed by atoms with Gasteiger partial charge in [-0.1, -0.05) is 54.6 Å². The van der Waals surface area contributed by atoms with Gasteiger partial charge in [0, 0.05) is 25.2 Å².